The number of nitrogens with one attached hydrogen (secondary N) is 3. The van der Waals surface area contributed by atoms with Gasteiger partial charge in [-0.15, -0.1) is 0 Å². The van der Waals surface area contributed by atoms with E-state index in [1.165, 1.54) is 16.5 Å². The van der Waals surface area contributed by atoms with Gasteiger partial charge in [0.1, 0.15) is 25.3 Å². The molecule has 1 saturated heterocycles. The highest BCUT2D eigenvalue weighted by molar-refractivity contribution is 7.66. The van der Waals surface area contributed by atoms with Crippen LogP contribution in [0.4, 0.5) is 16.4 Å². The number of anilines is 2. The third-order valence-electron chi connectivity index (χ3n) is 13.7. The highest BCUT2D eigenvalue weighted by atomic mass is 31.3. The average molecular weight is 1140 g/mol. The van der Waals surface area contributed by atoms with Crippen LogP contribution >= 0.6 is 23.5 Å². The number of fused-ring (bicyclic) bond motifs is 4. The number of ether oxygens (including phenoxy) is 2. The molecule has 10 N–H and O–H groups in total. The number of imidazole rings is 1. The van der Waals surface area contributed by atoms with Crippen LogP contribution in [0.15, 0.2) is 65.7 Å². The Balaban J connectivity index is 0.897. The Morgan fingerprint density at radius 3 is 2.42 bits per heavy atom. The number of aromatic amines is 1. The molecule has 3 aliphatic rings. The smallest absolute Gasteiger partial charge is 0.439 e. The van der Waals surface area contributed by atoms with Crippen LogP contribution in [-0.2, 0) is 52.9 Å². The Morgan fingerprint density at radius 1 is 0.974 bits per heavy atom. The number of hydrogen-bond donors (Lipinski definition) is 9. The van der Waals surface area contributed by atoms with Crippen molar-refractivity contribution in [2.45, 2.75) is 76.4 Å². The number of nitrogens with zero attached hydrogens (tertiary/aromatic N) is 6. The van der Waals surface area contributed by atoms with Crippen molar-refractivity contribution in [3.05, 3.63) is 115 Å². The average Bonchev–Trinajstić information content (AvgIpc) is 3.94. The number of aryl methyl sites for hydroxylation is 1. The van der Waals surface area contributed by atoms with Gasteiger partial charge in [0.25, 0.3) is 11.5 Å². The van der Waals surface area contributed by atoms with Crippen LogP contribution in [0.5, 0.6) is 0 Å². The number of nitrogen functional groups attached to an aromatic ring is 1. The normalized spacial score (nSPS) is 20.2. The summed E-state index contributed by atoms with van der Waals surface area (Å²) in [5.74, 6) is -0.947. The second-order valence-electron chi connectivity index (χ2n) is 19.6. The number of phosphoric acid groups is 3. The molecule has 8 rings (SSSR count). The zero-order valence-corrected chi connectivity index (χ0v) is 46.1. The minimum atomic E-state index is -5.90. The van der Waals surface area contributed by atoms with Crippen molar-refractivity contribution in [3.8, 4) is 0 Å². The molecule has 30 heteroatoms. The van der Waals surface area contributed by atoms with Gasteiger partial charge in [-0.25, -0.2) is 28.0 Å². The summed E-state index contributed by atoms with van der Waals surface area (Å²) in [5, 5.41) is 18.7. The van der Waals surface area contributed by atoms with E-state index in [0.29, 0.717) is 12.0 Å². The van der Waals surface area contributed by atoms with Gasteiger partial charge in [0.15, 0.2) is 23.5 Å². The standard InChI is InChI=1S/C48H61N10O17P3/c1-7-57-21-10-12-27-22-32-34(24-35(27)57)48(2,3)33-23-28(55(4)5)16-17-31(33)38(32)29-13-8-9-14-30(29)44(62)56(6)20-11-15-37(59)50-18-19-51-47(63)73-41-40(60)36(25-71-77(67,68)75-78(69,70)74-76(64,65)66)72-45(41)58-26-52-39-42(58)53-46(49)54-43(39)61/h8-9,13-14,16-17,22-24,26,36,40-41,45,60H,7,10-12,15,18-21,25H2,1-6H3,(H8-,49,50,51,53,54,59,61,63,64,65,66,67,68,69,70)/p+1/t36-,40-,41-,45-/m1/s1. The third-order valence-corrected chi connectivity index (χ3v) is 17.5. The highest BCUT2D eigenvalue weighted by Crippen LogP contribution is 2.66. The van der Waals surface area contributed by atoms with Crippen molar-refractivity contribution in [2.75, 3.05) is 71.1 Å². The van der Waals surface area contributed by atoms with Gasteiger partial charge in [0.2, 0.25) is 17.2 Å². The summed E-state index contributed by atoms with van der Waals surface area (Å²) in [6, 6.07) is 18.8. The Morgan fingerprint density at radius 2 is 1.71 bits per heavy atom. The molecule has 5 aromatic rings. The molecule has 3 amide bonds. The molecule has 4 heterocycles. The fourth-order valence-electron chi connectivity index (χ4n) is 9.99. The van der Waals surface area contributed by atoms with Crippen molar-refractivity contribution in [1.29, 1.82) is 0 Å². The van der Waals surface area contributed by atoms with E-state index in [0.717, 1.165) is 70.0 Å². The minimum Gasteiger partial charge on any atom is -0.439 e. The Kier molecular flexibility index (Phi) is 17.0. The maximum Gasteiger partial charge on any atom is 0.490 e. The van der Waals surface area contributed by atoms with Crippen LogP contribution in [0.25, 0.3) is 16.7 Å². The van der Waals surface area contributed by atoms with Gasteiger partial charge in [0.05, 0.1) is 12.9 Å². The summed E-state index contributed by atoms with van der Waals surface area (Å²) < 4.78 is 62.1. The number of aliphatic hydroxyl groups is 1. The van der Waals surface area contributed by atoms with E-state index in [-0.39, 0.29) is 60.4 Å². The van der Waals surface area contributed by atoms with E-state index in [1.54, 1.807) is 11.9 Å². The molecule has 1 aliphatic carbocycles. The predicted octanol–water partition coefficient (Wildman–Crippen LogP) is 1.48. The fourth-order valence-corrected chi connectivity index (χ4v) is 13.0. The molecule has 3 aromatic carbocycles. The number of aromatic nitrogens is 4. The molecule has 420 valence electrons. The van der Waals surface area contributed by atoms with E-state index < -0.39 is 66.3 Å². The number of hydrogen-bond acceptors (Lipinski definition) is 17. The minimum absolute atomic E-state index is 0.0281. The first-order valence-corrected chi connectivity index (χ1v) is 29.2. The maximum atomic E-state index is 14.5. The fraction of sp³-hybridized carbons (Fsp3) is 0.438. The second-order valence-corrected chi connectivity index (χ2v) is 24.0. The summed E-state index contributed by atoms with van der Waals surface area (Å²) >= 11 is 0. The Labute approximate surface area is 446 Å². The summed E-state index contributed by atoms with van der Waals surface area (Å²) in [7, 11) is -11.6. The number of carbonyl (C=O) groups excluding carboxylic acids is 3. The van der Waals surface area contributed by atoms with Gasteiger partial charge in [-0.05, 0) is 77.1 Å². The van der Waals surface area contributed by atoms with E-state index in [4.69, 9.17) is 25.0 Å². The van der Waals surface area contributed by atoms with Gasteiger partial charge in [-0.3, -0.25) is 28.5 Å². The molecule has 27 nitrogen and oxygen atoms in total. The van der Waals surface area contributed by atoms with Crippen LogP contribution in [0, 0.1) is 0 Å². The summed E-state index contributed by atoms with van der Waals surface area (Å²) in [6.07, 6.45) is -4.76. The molecule has 1 fully saturated rings. The lowest BCUT2D eigenvalue weighted by Gasteiger charge is -2.36. The van der Waals surface area contributed by atoms with E-state index in [2.05, 4.69) is 99.3 Å². The largest absolute Gasteiger partial charge is 0.490 e. The quantitative estimate of drug-likeness (QED) is 0.0303. The monoisotopic (exact) mass is 1140 g/mol. The SMILES string of the molecule is CC[N+]1=c2cc3c(cc2CCC1)=C(c1ccccc1C(=O)N(C)CCCC(=O)NCCNC(=O)O[C@@H]1[C@H](O)[C@@H](COP(=O)(O)OP(=O)(O)OP(=O)(O)O)O[C@H]1n1cnc2c(=O)[nH]c(N)nc21)c1ccc(N(C)C)cc1C3(C)C. The van der Waals surface area contributed by atoms with Gasteiger partial charge in [-0.2, -0.15) is 13.6 Å². The number of nitrogens with two attached hydrogens (primary N) is 1. The predicted molar refractivity (Wildman–Crippen MR) is 281 cm³/mol. The summed E-state index contributed by atoms with van der Waals surface area (Å²) in [5.41, 5.74) is 12.2. The number of carbonyl (C=O) groups is 3. The molecule has 0 radical (unpaired) electrons. The molecule has 2 unspecified atom stereocenters. The number of H-pyrrole nitrogens is 1. The van der Waals surface area contributed by atoms with Crippen molar-refractivity contribution in [2.24, 2.45) is 0 Å². The molecule has 2 aliphatic heterocycles. The zero-order valence-electron chi connectivity index (χ0n) is 43.4. The van der Waals surface area contributed by atoms with E-state index in [1.807, 2.05) is 38.4 Å². The van der Waals surface area contributed by atoms with Crippen LogP contribution in [-0.4, -0.2) is 146 Å². The first-order chi connectivity index (χ1) is 36.7. The molecule has 0 spiro atoms. The third kappa shape index (κ3) is 12.6. The number of phosphoric ester groups is 1. The molecular weight excluding hydrogens is 1080 g/mol. The van der Waals surface area contributed by atoms with Gasteiger partial charge < -0.3 is 60.3 Å². The number of rotatable bonds is 20. The Hall–Kier alpha value is -6.18. The summed E-state index contributed by atoms with van der Waals surface area (Å²) in [4.78, 5) is 104. The van der Waals surface area contributed by atoms with Crippen LogP contribution < -0.4 is 42.0 Å². The topological polar surface area (TPSA) is 373 Å². The maximum absolute atomic E-state index is 14.5. The van der Waals surface area contributed by atoms with Gasteiger partial charge in [-0.1, -0.05) is 38.1 Å². The van der Waals surface area contributed by atoms with Crippen LogP contribution in [0.3, 0.4) is 0 Å². The molecule has 2 aromatic heterocycles. The second kappa shape index (κ2) is 22.9. The number of aliphatic hydroxyl groups excluding tert-OH is 1. The van der Waals surface area contributed by atoms with Crippen molar-refractivity contribution in [3.63, 3.8) is 0 Å². The summed E-state index contributed by atoms with van der Waals surface area (Å²) in [6.45, 7) is 7.43. The van der Waals surface area contributed by atoms with E-state index >= 15 is 0 Å². The lowest BCUT2D eigenvalue weighted by Crippen LogP contribution is -2.43. The van der Waals surface area contributed by atoms with Crippen LogP contribution in [0.1, 0.15) is 84.4 Å². The van der Waals surface area contributed by atoms with Gasteiger partial charge in [0, 0.05) is 81.9 Å². The van der Waals surface area contributed by atoms with Crippen molar-refractivity contribution in [1.82, 2.24) is 39.6 Å². The van der Waals surface area contributed by atoms with Crippen molar-refractivity contribution < 1.29 is 75.4 Å². The molecule has 6 atom stereocenters. The zero-order chi connectivity index (χ0) is 56.6. The molecule has 0 bridgehead atoms. The highest BCUT2D eigenvalue weighted by Gasteiger charge is 2.50. The number of alkyl carbamates (subject to hydrolysis) is 1. The number of amides is 3. The number of benzene rings is 3. The lowest BCUT2D eigenvalue weighted by molar-refractivity contribution is -0.121. The Bertz CT molecular complexity index is 3510. The lowest BCUT2D eigenvalue weighted by atomic mass is 9.68. The molecule has 0 saturated carbocycles. The van der Waals surface area contributed by atoms with E-state index in [9.17, 15) is 47.8 Å². The van der Waals surface area contributed by atoms with Gasteiger partial charge >= 0.3 is 29.6 Å². The first-order valence-electron chi connectivity index (χ1n) is 24.7. The van der Waals surface area contributed by atoms with Crippen LogP contribution in [0.2, 0.25) is 0 Å². The first kappa shape index (κ1) is 58.0. The molecule has 78 heavy (non-hydrogen) atoms. The van der Waals surface area contributed by atoms with Crippen molar-refractivity contribution >= 4 is 69.7 Å². The molecular formula is C48H62N10O17P3+.